The van der Waals surface area contributed by atoms with Crippen LogP contribution in [0.3, 0.4) is 0 Å². The number of hydrogen-bond acceptors (Lipinski definition) is 7. The van der Waals surface area contributed by atoms with Crippen LogP contribution in [0.25, 0.3) is 0 Å². The fourth-order valence-corrected chi connectivity index (χ4v) is 2.96. The first-order valence-corrected chi connectivity index (χ1v) is 8.58. The molecule has 1 aliphatic heterocycles. The van der Waals surface area contributed by atoms with Crippen molar-refractivity contribution in [3.8, 4) is 0 Å². The van der Waals surface area contributed by atoms with E-state index >= 15 is 0 Å². The number of aliphatic imine (C=N–C) groups is 1. The van der Waals surface area contributed by atoms with E-state index in [1.165, 1.54) is 12.4 Å². The Bertz CT molecular complexity index is 854. The van der Waals surface area contributed by atoms with Crippen LogP contribution >= 0.6 is 0 Å². The summed E-state index contributed by atoms with van der Waals surface area (Å²) in [6.45, 7) is 1.74. The van der Waals surface area contributed by atoms with Gasteiger partial charge in [0.2, 0.25) is 0 Å². The van der Waals surface area contributed by atoms with E-state index in [1.54, 1.807) is 19.3 Å². The summed E-state index contributed by atoms with van der Waals surface area (Å²) in [5.74, 6) is -0.381. The van der Waals surface area contributed by atoms with Crippen LogP contribution < -0.4 is 21.3 Å². The lowest BCUT2D eigenvalue weighted by Gasteiger charge is -2.17. The van der Waals surface area contributed by atoms with Crippen molar-refractivity contribution in [3.05, 3.63) is 41.6 Å². The molecule has 3 rings (SSSR count). The van der Waals surface area contributed by atoms with Gasteiger partial charge in [0, 0.05) is 43.6 Å². The molecule has 0 spiro atoms. The van der Waals surface area contributed by atoms with Crippen LogP contribution in [0.4, 0.5) is 21.6 Å². The summed E-state index contributed by atoms with van der Waals surface area (Å²) in [6.07, 6.45) is 5.45. The van der Waals surface area contributed by atoms with E-state index in [1.807, 2.05) is 7.05 Å². The Morgan fingerprint density at radius 2 is 2.22 bits per heavy atom. The zero-order valence-electron chi connectivity index (χ0n) is 15.2. The van der Waals surface area contributed by atoms with E-state index in [2.05, 4.69) is 30.5 Å². The van der Waals surface area contributed by atoms with Crippen LogP contribution in [0.2, 0.25) is 0 Å². The molecule has 27 heavy (non-hydrogen) atoms. The number of nitrogen functional groups attached to an aromatic ring is 1. The molecule has 1 fully saturated rings. The maximum Gasteiger partial charge on any atom is 0.275 e. The number of nitrogens with two attached hydrogens (primary N) is 1. The third kappa shape index (κ3) is 4.20. The molecule has 1 aromatic heterocycles. The number of likely N-dealkylation sites (N-methyl/N-ethyl adjacent to an activating group) is 1. The van der Waals surface area contributed by atoms with Gasteiger partial charge in [-0.2, -0.15) is 0 Å². The number of carbonyl (C=O) groups excluding carboxylic acids is 1. The summed E-state index contributed by atoms with van der Waals surface area (Å²) in [5, 5.41) is 5.85. The predicted octanol–water partition coefficient (Wildman–Crippen LogP) is 1.30. The summed E-state index contributed by atoms with van der Waals surface area (Å²) < 4.78 is 13.9. The highest BCUT2D eigenvalue weighted by molar-refractivity contribution is 6.03. The average molecular weight is 371 g/mol. The van der Waals surface area contributed by atoms with Crippen molar-refractivity contribution in [2.75, 3.05) is 43.1 Å². The molecule has 0 radical (unpaired) electrons. The minimum Gasteiger partial charge on any atom is -0.396 e. The van der Waals surface area contributed by atoms with Crippen LogP contribution in [0.1, 0.15) is 22.5 Å². The highest BCUT2D eigenvalue weighted by atomic mass is 19.1. The molecule has 9 heteroatoms. The first-order chi connectivity index (χ1) is 13.0. The van der Waals surface area contributed by atoms with Gasteiger partial charge in [0.15, 0.2) is 0 Å². The summed E-state index contributed by atoms with van der Waals surface area (Å²) >= 11 is 0. The molecule has 1 saturated heterocycles. The summed E-state index contributed by atoms with van der Waals surface area (Å²) in [4.78, 5) is 26.8. The molecule has 0 saturated carbocycles. The molecule has 8 nitrogen and oxygen atoms in total. The molecule has 142 valence electrons. The fourth-order valence-electron chi connectivity index (χ4n) is 2.96. The number of nitrogens with one attached hydrogen (secondary N) is 2. The number of hydrogen-bond donors (Lipinski definition) is 3. The van der Waals surface area contributed by atoms with Crippen molar-refractivity contribution in [3.63, 3.8) is 0 Å². The van der Waals surface area contributed by atoms with E-state index in [0.29, 0.717) is 11.6 Å². The van der Waals surface area contributed by atoms with Crippen LogP contribution in [0, 0.1) is 5.82 Å². The first kappa shape index (κ1) is 18.7. The molecule has 2 heterocycles. The molecule has 1 aliphatic rings. The van der Waals surface area contributed by atoms with E-state index < -0.39 is 11.7 Å². The number of nitrogens with zero attached hydrogens (tertiary/aromatic N) is 4. The second kappa shape index (κ2) is 8.09. The maximum absolute atomic E-state index is 13.9. The van der Waals surface area contributed by atoms with E-state index in [4.69, 9.17) is 5.73 Å². The van der Waals surface area contributed by atoms with Gasteiger partial charge in [-0.15, -0.1) is 0 Å². The SMILES string of the molecule is CN=Cc1cc(NC(=O)c2cnc(N3CCC(NC)C3)cn2)cc(F)c1N. The normalized spacial score (nSPS) is 16.9. The van der Waals surface area contributed by atoms with Gasteiger partial charge in [-0.25, -0.2) is 14.4 Å². The average Bonchev–Trinajstić information content (AvgIpc) is 3.15. The van der Waals surface area contributed by atoms with Gasteiger partial charge >= 0.3 is 0 Å². The lowest BCUT2D eigenvalue weighted by atomic mass is 10.1. The molecular formula is C18H22FN7O. The Balaban J connectivity index is 1.71. The van der Waals surface area contributed by atoms with E-state index in [9.17, 15) is 9.18 Å². The molecule has 1 unspecified atom stereocenters. The number of halogens is 1. The number of aromatic nitrogens is 2. The van der Waals surface area contributed by atoms with Gasteiger partial charge in [-0.1, -0.05) is 0 Å². The topological polar surface area (TPSA) is 109 Å². The van der Waals surface area contributed by atoms with Crippen molar-refractivity contribution < 1.29 is 9.18 Å². The Kier molecular flexibility index (Phi) is 5.60. The number of rotatable bonds is 5. The molecule has 0 bridgehead atoms. The lowest BCUT2D eigenvalue weighted by Crippen LogP contribution is -2.30. The second-order valence-electron chi connectivity index (χ2n) is 6.28. The number of anilines is 3. The molecule has 4 N–H and O–H groups in total. The zero-order valence-corrected chi connectivity index (χ0v) is 15.2. The second-order valence-corrected chi connectivity index (χ2v) is 6.28. The Morgan fingerprint density at radius 3 is 2.85 bits per heavy atom. The Hall–Kier alpha value is -3.07. The van der Waals surface area contributed by atoms with Gasteiger partial charge in [-0.05, 0) is 25.6 Å². The zero-order chi connectivity index (χ0) is 19.4. The highest BCUT2D eigenvalue weighted by Gasteiger charge is 2.22. The molecule has 1 amide bonds. The number of benzene rings is 1. The van der Waals surface area contributed by atoms with Crippen molar-refractivity contribution in [1.82, 2.24) is 15.3 Å². The minimum absolute atomic E-state index is 0.0202. The largest absolute Gasteiger partial charge is 0.396 e. The van der Waals surface area contributed by atoms with Crippen LogP contribution in [-0.2, 0) is 0 Å². The molecule has 1 atom stereocenters. The van der Waals surface area contributed by atoms with Crippen LogP contribution in [0.15, 0.2) is 29.5 Å². The first-order valence-electron chi connectivity index (χ1n) is 8.58. The van der Waals surface area contributed by atoms with Gasteiger partial charge in [0.05, 0.1) is 18.1 Å². The fraction of sp³-hybridized carbons (Fsp3) is 0.333. The quantitative estimate of drug-likeness (QED) is 0.540. The lowest BCUT2D eigenvalue weighted by molar-refractivity contribution is 0.102. The summed E-state index contributed by atoms with van der Waals surface area (Å²) in [7, 11) is 3.49. The molecular weight excluding hydrogens is 349 g/mol. The molecule has 2 aromatic rings. The minimum atomic E-state index is -0.628. The van der Waals surface area contributed by atoms with Gasteiger partial charge in [0.1, 0.15) is 17.3 Å². The smallest absolute Gasteiger partial charge is 0.275 e. The number of carbonyl (C=O) groups is 1. The van der Waals surface area contributed by atoms with E-state index in [-0.39, 0.29) is 17.1 Å². The third-order valence-corrected chi connectivity index (χ3v) is 4.48. The Labute approximate surface area is 156 Å². The van der Waals surface area contributed by atoms with E-state index in [0.717, 1.165) is 31.4 Å². The maximum atomic E-state index is 13.9. The van der Waals surface area contributed by atoms with Crippen molar-refractivity contribution in [2.24, 2.45) is 4.99 Å². The standard InChI is InChI=1S/C18H22FN7O/c1-21-7-11-5-13(6-14(19)17(11)20)25-18(27)15-8-24-16(9-23-15)26-4-3-12(10-26)22-2/h5-9,12,22H,3-4,10,20H2,1-2H3,(H,25,27). The third-order valence-electron chi connectivity index (χ3n) is 4.48. The molecule has 1 aromatic carbocycles. The highest BCUT2D eigenvalue weighted by Crippen LogP contribution is 2.22. The molecule has 0 aliphatic carbocycles. The monoisotopic (exact) mass is 371 g/mol. The van der Waals surface area contributed by atoms with Crippen molar-refractivity contribution in [2.45, 2.75) is 12.5 Å². The predicted molar refractivity (Wildman–Crippen MR) is 104 cm³/mol. The van der Waals surface area contributed by atoms with Crippen molar-refractivity contribution in [1.29, 1.82) is 0 Å². The van der Waals surface area contributed by atoms with Crippen molar-refractivity contribution >= 4 is 29.3 Å². The van der Waals surface area contributed by atoms with Gasteiger partial charge in [-0.3, -0.25) is 9.79 Å². The summed E-state index contributed by atoms with van der Waals surface area (Å²) in [6, 6.07) is 3.13. The Morgan fingerprint density at radius 1 is 1.41 bits per heavy atom. The van der Waals surface area contributed by atoms with Crippen LogP contribution in [0.5, 0.6) is 0 Å². The van der Waals surface area contributed by atoms with Crippen LogP contribution in [-0.4, -0.2) is 55.3 Å². The number of amides is 1. The van der Waals surface area contributed by atoms with Gasteiger partial charge in [0.25, 0.3) is 5.91 Å². The summed E-state index contributed by atoms with van der Waals surface area (Å²) in [5.41, 5.74) is 6.45. The van der Waals surface area contributed by atoms with Gasteiger partial charge < -0.3 is 21.3 Å².